The van der Waals surface area contributed by atoms with Crippen LogP contribution >= 0.6 is 0 Å². The molecule has 6 nitrogen and oxygen atoms in total. The average Bonchev–Trinajstić information content (AvgIpc) is 2.93. The van der Waals surface area contributed by atoms with E-state index in [4.69, 9.17) is 11.5 Å². The molecule has 3 heterocycles. The number of nitrogens with one attached hydrogen (secondary N) is 1. The predicted molar refractivity (Wildman–Crippen MR) is 79.4 cm³/mol. The molecule has 0 saturated carbocycles. The molecule has 1 fully saturated rings. The Labute approximate surface area is 120 Å². The lowest BCUT2D eigenvalue weighted by atomic mass is 10.1. The number of nitrogens with zero attached hydrogens (tertiary/aromatic N) is 2. The van der Waals surface area contributed by atoms with Crippen molar-refractivity contribution in [3.63, 3.8) is 0 Å². The van der Waals surface area contributed by atoms with Gasteiger partial charge in [0.05, 0.1) is 11.7 Å². The maximum absolute atomic E-state index is 13.4. The third-order valence-electron chi connectivity index (χ3n) is 3.75. The topological polar surface area (TPSA) is 101 Å². The van der Waals surface area contributed by atoms with Crippen LogP contribution in [0, 0.1) is 5.82 Å². The summed E-state index contributed by atoms with van der Waals surface area (Å²) in [6.45, 7) is 0.733. The molecule has 0 amide bonds. The Morgan fingerprint density at radius 2 is 2.19 bits per heavy atom. The number of rotatable bonds is 2. The van der Waals surface area contributed by atoms with Crippen molar-refractivity contribution >= 4 is 17.3 Å². The van der Waals surface area contributed by atoms with Gasteiger partial charge >= 0.3 is 0 Å². The Bertz CT molecular complexity index is 730. The molecule has 0 aromatic carbocycles. The van der Waals surface area contributed by atoms with Gasteiger partial charge in [0.15, 0.2) is 0 Å². The third-order valence-corrected chi connectivity index (χ3v) is 3.75. The molecule has 1 atom stereocenters. The Kier molecular flexibility index (Phi) is 3.25. The second-order valence-electron chi connectivity index (χ2n) is 5.10. The lowest BCUT2D eigenvalue weighted by Crippen LogP contribution is -2.28. The van der Waals surface area contributed by atoms with Crippen molar-refractivity contribution < 1.29 is 4.39 Å². The van der Waals surface area contributed by atoms with Crippen LogP contribution in [0.2, 0.25) is 0 Å². The lowest BCUT2D eigenvalue weighted by molar-refractivity contribution is 0.607. The van der Waals surface area contributed by atoms with Crippen LogP contribution in [0.1, 0.15) is 24.4 Å². The van der Waals surface area contributed by atoms with Gasteiger partial charge in [-0.1, -0.05) is 0 Å². The summed E-state index contributed by atoms with van der Waals surface area (Å²) in [5, 5.41) is 0. The van der Waals surface area contributed by atoms with Gasteiger partial charge in [0.25, 0.3) is 5.56 Å². The van der Waals surface area contributed by atoms with Gasteiger partial charge in [0.1, 0.15) is 17.5 Å². The Morgan fingerprint density at radius 1 is 1.38 bits per heavy atom. The van der Waals surface area contributed by atoms with Gasteiger partial charge < -0.3 is 21.4 Å². The highest BCUT2D eigenvalue weighted by Gasteiger charge is 2.29. The number of H-pyrrole nitrogens is 1. The number of nitrogens with two attached hydrogens (primary N) is 2. The van der Waals surface area contributed by atoms with Crippen molar-refractivity contribution in [1.82, 2.24) is 9.97 Å². The van der Waals surface area contributed by atoms with Crippen LogP contribution < -0.4 is 21.9 Å². The van der Waals surface area contributed by atoms with Crippen LogP contribution in [0.15, 0.2) is 29.2 Å². The second kappa shape index (κ2) is 5.08. The molecular formula is C14H16FN5O. The van der Waals surface area contributed by atoms with Gasteiger partial charge in [-0.2, -0.15) is 0 Å². The van der Waals surface area contributed by atoms with Crippen LogP contribution in [0.5, 0.6) is 0 Å². The van der Waals surface area contributed by atoms with Crippen molar-refractivity contribution in [2.75, 3.05) is 22.9 Å². The van der Waals surface area contributed by atoms with Gasteiger partial charge in [-0.3, -0.25) is 4.79 Å². The molecule has 21 heavy (non-hydrogen) atoms. The summed E-state index contributed by atoms with van der Waals surface area (Å²) in [6.07, 6.45) is 2.72. The second-order valence-corrected chi connectivity index (χ2v) is 5.10. The van der Waals surface area contributed by atoms with Crippen LogP contribution in [0.25, 0.3) is 0 Å². The highest BCUT2D eigenvalue weighted by Crippen LogP contribution is 2.34. The van der Waals surface area contributed by atoms with Crippen molar-refractivity contribution in [3.8, 4) is 0 Å². The minimum atomic E-state index is -0.457. The minimum absolute atomic E-state index is 0.208. The van der Waals surface area contributed by atoms with Gasteiger partial charge in [-0.15, -0.1) is 0 Å². The van der Waals surface area contributed by atoms with Crippen LogP contribution in [0.3, 0.4) is 0 Å². The number of halogens is 1. The first kappa shape index (κ1) is 13.4. The van der Waals surface area contributed by atoms with Crippen LogP contribution in [0.4, 0.5) is 21.7 Å². The number of aromatic nitrogens is 2. The predicted octanol–water partition coefficient (Wildman–Crippen LogP) is 1.41. The zero-order chi connectivity index (χ0) is 15.0. The largest absolute Gasteiger partial charge is 0.396 e. The zero-order valence-electron chi connectivity index (χ0n) is 11.3. The molecule has 0 spiro atoms. The molecule has 1 saturated heterocycles. The molecule has 1 aliphatic rings. The maximum atomic E-state index is 13.4. The summed E-state index contributed by atoms with van der Waals surface area (Å²) in [5.74, 6) is 0.445. The summed E-state index contributed by atoms with van der Waals surface area (Å²) in [4.78, 5) is 20.6. The Hall–Kier alpha value is -2.57. The molecule has 110 valence electrons. The molecule has 2 aromatic heterocycles. The molecule has 2 aromatic rings. The van der Waals surface area contributed by atoms with E-state index in [0.717, 1.165) is 25.6 Å². The lowest BCUT2D eigenvalue weighted by Gasteiger charge is -2.25. The van der Waals surface area contributed by atoms with E-state index >= 15 is 0 Å². The average molecular weight is 289 g/mol. The van der Waals surface area contributed by atoms with Crippen LogP contribution in [-0.4, -0.2) is 16.5 Å². The molecule has 5 N–H and O–H groups in total. The first-order chi connectivity index (χ1) is 10.1. The van der Waals surface area contributed by atoms with Crippen molar-refractivity contribution in [2.45, 2.75) is 18.9 Å². The summed E-state index contributed by atoms with van der Waals surface area (Å²) in [5.41, 5.74) is 11.9. The summed E-state index contributed by atoms with van der Waals surface area (Å²) in [7, 11) is 0. The maximum Gasteiger partial charge on any atom is 0.253 e. The van der Waals surface area contributed by atoms with E-state index < -0.39 is 5.82 Å². The number of anilines is 3. The van der Waals surface area contributed by atoms with Gasteiger partial charge in [-0.05, 0) is 31.0 Å². The third kappa shape index (κ3) is 2.42. The van der Waals surface area contributed by atoms with E-state index in [1.165, 1.54) is 6.07 Å². The number of hydrogen-bond donors (Lipinski definition) is 3. The molecule has 0 radical (unpaired) electrons. The van der Waals surface area contributed by atoms with E-state index in [9.17, 15) is 9.18 Å². The van der Waals surface area contributed by atoms with Crippen molar-refractivity contribution in [3.05, 3.63) is 46.1 Å². The highest BCUT2D eigenvalue weighted by molar-refractivity contribution is 5.62. The van der Waals surface area contributed by atoms with E-state index in [1.54, 1.807) is 12.1 Å². The number of aromatic amines is 1. The SMILES string of the molecule is Nc1ccc(N2CCC[C@@H]2c2cc(F)c[nH]c2=O)nc1N. The van der Waals surface area contributed by atoms with E-state index in [2.05, 4.69) is 9.97 Å². The summed E-state index contributed by atoms with van der Waals surface area (Å²) in [6, 6.07) is 4.52. The van der Waals surface area contributed by atoms with E-state index in [1.807, 2.05) is 4.90 Å². The number of nitrogen functional groups attached to an aromatic ring is 2. The Morgan fingerprint density at radius 3 is 2.95 bits per heavy atom. The highest BCUT2D eigenvalue weighted by atomic mass is 19.1. The van der Waals surface area contributed by atoms with Crippen molar-refractivity contribution in [1.29, 1.82) is 0 Å². The fraction of sp³-hybridized carbons (Fsp3) is 0.286. The zero-order valence-corrected chi connectivity index (χ0v) is 11.3. The fourth-order valence-corrected chi connectivity index (χ4v) is 2.72. The first-order valence-corrected chi connectivity index (χ1v) is 6.73. The molecule has 0 bridgehead atoms. The molecule has 1 aliphatic heterocycles. The number of hydrogen-bond acceptors (Lipinski definition) is 5. The molecule has 0 unspecified atom stereocenters. The fourth-order valence-electron chi connectivity index (χ4n) is 2.72. The summed E-state index contributed by atoms with van der Waals surface area (Å²) < 4.78 is 13.4. The molecule has 3 rings (SSSR count). The van der Waals surface area contributed by atoms with Gasteiger partial charge in [0, 0.05) is 18.3 Å². The monoisotopic (exact) mass is 289 g/mol. The van der Waals surface area contributed by atoms with Gasteiger partial charge in [-0.25, -0.2) is 9.37 Å². The normalized spacial score (nSPS) is 18.1. The van der Waals surface area contributed by atoms with E-state index in [-0.39, 0.29) is 17.4 Å². The van der Waals surface area contributed by atoms with Gasteiger partial charge in [0.2, 0.25) is 0 Å². The molecule has 7 heteroatoms. The molecular weight excluding hydrogens is 273 g/mol. The Balaban J connectivity index is 2.00. The quantitative estimate of drug-likeness (QED) is 0.776. The standard InChI is InChI=1S/C14H16FN5O/c15-8-6-9(14(21)18-7-8)11-2-1-5-20(11)12-4-3-10(16)13(17)19-12/h3-4,6-7,11H,1-2,5,16H2,(H2,17,19)(H,18,21)/t11-/m1/s1. The van der Waals surface area contributed by atoms with E-state index in [0.29, 0.717) is 17.1 Å². The number of pyridine rings is 2. The molecule has 0 aliphatic carbocycles. The first-order valence-electron chi connectivity index (χ1n) is 6.73. The van der Waals surface area contributed by atoms with Crippen LogP contribution in [-0.2, 0) is 0 Å². The summed E-state index contributed by atoms with van der Waals surface area (Å²) >= 11 is 0. The van der Waals surface area contributed by atoms with Crippen molar-refractivity contribution in [2.24, 2.45) is 0 Å². The smallest absolute Gasteiger partial charge is 0.253 e. The minimum Gasteiger partial charge on any atom is -0.396 e.